The fourth-order valence-corrected chi connectivity index (χ4v) is 5.30. The van der Waals surface area contributed by atoms with Gasteiger partial charge in [-0.2, -0.15) is 0 Å². The largest absolute Gasteiger partial charge is 0.469 e. The summed E-state index contributed by atoms with van der Waals surface area (Å²) in [7, 11) is 1.47. The van der Waals surface area contributed by atoms with Gasteiger partial charge in [0.15, 0.2) is 0 Å². The summed E-state index contributed by atoms with van der Waals surface area (Å²) in [6.45, 7) is 25.5. The van der Waals surface area contributed by atoms with Crippen LogP contribution in [-0.4, -0.2) is 19.0 Å². The van der Waals surface area contributed by atoms with E-state index in [1.807, 2.05) is 58.0 Å². The summed E-state index contributed by atoms with van der Waals surface area (Å²) >= 11 is 0. The van der Waals surface area contributed by atoms with Crippen molar-refractivity contribution in [1.29, 1.82) is 0 Å². The zero-order valence-corrected chi connectivity index (χ0v) is 25.0. The van der Waals surface area contributed by atoms with Crippen LogP contribution in [0, 0.1) is 33.5 Å². The number of carbonyl (C=O) groups excluding carboxylic acids is 2. The third kappa shape index (κ3) is 9.97. The maximum absolute atomic E-state index is 13.3. The third-order valence-corrected chi connectivity index (χ3v) is 7.29. The van der Waals surface area contributed by atoms with Gasteiger partial charge < -0.3 is 9.47 Å². The maximum Gasteiger partial charge on any atom is 0.312 e. The Morgan fingerprint density at radius 1 is 0.800 bits per heavy atom. The zero-order chi connectivity index (χ0) is 27.7. The predicted octanol–water partition coefficient (Wildman–Crippen LogP) is 8.48. The zero-order valence-electron chi connectivity index (χ0n) is 25.0. The maximum atomic E-state index is 13.3. The van der Waals surface area contributed by atoms with Crippen LogP contribution in [0.5, 0.6) is 0 Å². The topological polar surface area (TPSA) is 52.6 Å². The molecule has 4 nitrogen and oxygen atoms in total. The summed E-state index contributed by atoms with van der Waals surface area (Å²) in [5, 5.41) is 0. The molecular formula is C31H54O4. The summed E-state index contributed by atoms with van der Waals surface area (Å²) in [6.07, 6.45) is 2.23. The van der Waals surface area contributed by atoms with Gasteiger partial charge in [-0.15, -0.1) is 0 Å². The molecule has 4 heteroatoms. The molecule has 0 aliphatic carbocycles. The molecule has 1 rings (SSSR count). The van der Waals surface area contributed by atoms with Crippen LogP contribution in [0.15, 0.2) is 30.3 Å². The lowest BCUT2D eigenvalue weighted by molar-refractivity contribution is -0.163. The summed E-state index contributed by atoms with van der Waals surface area (Å²) in [5.41, 5.74) is -0.400. The molecule has 0 N–H and O–H groups in total. The predicted molar refractivity (Wildman–Crippen MR) is 147 cm³/mol. The van der Waals surface area contributed by atoms with E-state index in [0.717, 1.165) is 18.4 Å². The fourth-order valence-electron chi connectivity index (χ4n) is 5.30. The van der Waals surface area contributed by atoms with Crippen LogP contribution in [0.25, 0.3) is 0 Å². The lowest BCUT2D eigenvalue weighted by Crippen LogP contribution is -2.43. The number of methoxy groups -OCH3 is 1. The van der Waals surface area contributed by atoms with Crippen LogP contribution in [0.3, 0.4) is 0 Å². The van der Waals surface area contributed by atoms with Crippen molar-refractivity contribution in [3.63, 3.8) is 0 Å². The van der Waals surface area contributed by atoms with Crippen molar-refractivity contribution in [2.24, 2.45) is 33.5 Å². The highest BCUT2D eigenvalue weighted by Crippen LogP contribution is 2.49. The molecule has 0 aliphatic rings. The molecule has 0 spiro atoms. The first-order chi connectivity index (χ1) is 16.0. The highest BCUT2D eigenvalue weighted by atomic mass is 16.5. The average molecular weight is 491 g/mol. The highest BCUT2D eigenvalue weighted by Gasteiger charge is 2.47. The molecule has 0 saturated carbocycles. The Labute approximate surface area is 216 Å². The van der Waals surface area contributed by atoms with Crippen molar-refractivity contribution in [1.82, 2.24) is 0 Å². The van der Waals surface area contributed by atoms with Gasteiger partial charge in [-0.1, -0.05) is 99.6 Å². The van der Waals surface area contributed by atoms with Gasteiger partial charge in [-0.3, -0.25) is 9.59 Å². The van der Waals surface area contributed by atoms with Crippen molar-refractivity contribution >= 4 is 11.9 Å². The van der Waals surface area contributed by atoms with E-state index in [1.54, 1.807) is 0 Å². The van der Waals surface area contributed by atoms with Gasteiger partial charge in [0.05, 0.1) is 17.9 Å². The molecule has 0 amide bonds. The van der Waals surface area contributed by atoms with Gasteiger partial charge in [0, 0.05) is 0 Å². The van der Waals surface area contributed by atoms with E-state index in [4.69, 9.17) is 9.47 Å². The molecule has 0 bridgehead atoms. The molecule has 3 unspecified atom stereocenters. The van der Waals surface area contributed by atoms with E-state index in [0.29, 0.717) is 6.42 Å². The Kier molecular flexibility index (Phi) is 12.8. The lowest BCUT2D eigenvalue weighted by atomic mass is 9.60. The number of esters is 2. The monoisotopic (exact) mass is 490 g/mol. The minimum absolute atomic E-state index is 0.00493. The quantitative estimate of drug-likeness (QED) is 0.292. The molecule has 202 valence electrons. The second kappa shape index (κ2) is 13.5. The average Bonchev–Trinajstić information content (AvgIpc) is 2.76. The Morgan fingerprint density at radius 3 is 1.74 bits per heavy atom. The Bertz CT molecular complexity index is 775. The SMILES string of the molecule is CC.COC(=O)C(C)(CC(C)(C)C)C(C)CC(C)(C)CC(C)(C(=O)OCc1ccccc1)C(C)C. The van der Waals surface area contributed by atoms with E-state index in [-0.39, 0.29) is 41.2 Å². The molecule has 0 aromatic heterocycles. The second-order valence-corrected chi connectivity index (χ2v) is 12.7. The Hall–Kier alpha value is -1.84. The van der Waals surface area contributed by atoms with Gasteiger partial charge in [0.2, 0.25) is 0 Å². The van der Waals surface area contributed by atoms with Crippen LogP contribution in [0.4, 0.5) is 0 Å². The molecule has 1 aromatic carbocycles. The molecule has 0 heterocycles. The summed E-state index contributed by atoms with van der Waals surface area (Å²) < 4.78 is 11.0. The van der Waals surface area contributed by atoms with Crippen molar-refractivity contribution in [3.8, 4) is 0 Å². The van der Waals surface area contributed by atoms with E-state index >= 15 is 0 Å². The smallest absolute Gasteiger partial charge is 0.312 e. The Balaban J connectivity index is 0.00000562. The van der Waals surface area contributed by atoms with Crippen LogP contribution in [-0.2, 0) is 25.7 Å². The number of hydrogen-bond donors (Lipinski definition) is 0. The molecular weight excluding hydrogens is 436 g/mol. The van der Waals surface area contributed by atoms with Crippen molar-refractivity contribution in [3.05, 3.63) is 35.9 Å². The highest BCUT2D eigenvalue weighted by molar-refractivity contribution is 5.77. The van der Waals surface area contributed by atoms with Gasteiger partial charge in [-0.25, -0.2) is 0 Å². The minimum atomic E-state index is -0.621. The van der Waals surface area contributed by atoms with Crippen LogP contribution in [0.1, 0.15) is 108 Å². The van der Waals surface area contributed by atoms with Crippen LogP contribution >= 0.6 is 0 Å². The fraction of sp³-hybridized carbons (Fsp3) is 0.742. The van der Waals surface area contributed by atoms with Crippen LogP contribution < -0.4 is 0 Å². The molecule has 0 aliphatic heterocycles. The normalized spacial score (nSPS) is 16.3. The van der Waals surface area contributed by atoms with Gasteiger partial charge >= 0.3 is 11.9 Å². The lowest BCUT2D eigenvalue weighted by Gasteiger charge is -2.44. The first kappa shape index (κ1) is 33.2. The molecule has 0 saturated heterocycles. The molecule has 3 atom stereocenters. The van der Waals surface area contributed by atoms with E-state index < -0.39 is 10.8 Å². The number of benzene rings is 1. The summed E-state index contributed by atoms with van der Waals surface area (Å²) in [6, 6.07) is 9.79. The third-order valence-electron chi connectivity index (χ3n) is 7.29. The minimum Gasteiger partial charge on any atom is -0.469 e. The van der Waals surface area contributed by atoms with Gasteiger partial charge in [0.1, 0.15) is 6.61 Å². The van der Waals surface area contributed by atoms with Crippen molar-refractivity contribution < 1.29 is 19.1 Å². The number of hydrogen-bond acceptors (Lipinski definition) is 4. The van der Waals surface area contributed by atoms with Crippen LogP contribution in [0.2, 0.25) is 0 Å². The second-order valence-electron chi connectivity index (χ2n) is 12.7. The molecule has 35 heavy (non-hydrogen) atoms. The van der Waals surface area contributed by atoms with E-state index in [1.165, 1.54) is 7.11 Å². The first-order valence-corrected chi connectivity index (χ1v) is 13.3. The Morgan fingerprint density at radius 2 is 1.31 bits per heavy atom. The van der Waals surface area contributed by atoms with E-state index in [9.17, 15) is 9.59 Å². The van der Waals surface area contributed by atoms with Gasteiger partial charge in [0.25, 0.3) is 0 Å². The first-order valence-electron chi connectivity index (χ1n) is 13.3. The standard InChI is InChI=1S/C29H48O4.C2H6/c1-21(2)28(9,25(31)33-18-23-15-13-12-14-16-23)20-27(7,8)17-22(3)29(10,24(30)32-11)19-26(4,5)6;1-2/h12-16,21-22H,17-20H2,1-11H3;1-2H3. The molecule has 1 aromatic rings. The molecule has 0 radical (unpaired) electrons. The van der Waals surface area contributed by atoms with E-state index in [2.05, 4.69) is 55.4 Å². The molecule has 0 fully saturated rings. The van der Waals surface area contributed by atoms with Crippen molar-refractivity contribution in [2.45, 2.75) is 109 Å². The summed E-state index contributed by atoms with van der Waals surface area (Å²) in [5.74, 6) is -0.102. The van der Waals surface area contributed by atoms with Crippen molar-refractivity contribution in [2.75, 3.05) is 7.11 Å². The summed E-state index contributed by atoms with van der Waals surface area (Å²) in [4.78, 5) is 26.2. The number of carbonyl (C=O) groups is 2. The van der Waals surface area contributed by atoms with Gasteiger partial charge in [-0.05, 0) is 61.3 Å². The number of ether oxygens (including phenoxy) is 2. The number of rotatable bonds is 11.